The normalized spacial score (nSPS) is 17.5. The molecule has 1 aliphatic heterocycles. The lowest BCUT2D eigenvalue weighted by molar-refractivity contribution is 0.0697. The Kier molecular flexibility index (Phi) is 5.19. The van der Waals surface area contributed by atoms with Crippen molar-refractivity contribution in [3.05, 3.63) is 35.4 Å². The molecule has 1 aromatic carbocycles. The highest BCUT2D eigenvalue weighted by atomic mass is 35.5. The summed E-state index contributed by atoms with van der Waals surface area (Å²) < 4.78 is 0. The number of hydrogen-bond acceptors (Lipinski definition) is 3. The number of carboxylic acids is 1. The summed E-state index contributed by atoms with van der Waals surface area (Å²) in [5.74, 6) is -0.183. The molecule has 0 bridgehead atoms. The fourth-order valence-electron chi connectivity index (χ4n) is 2.30. The van der Waals surface area contributed by atoms with Gasteiger partial charge in [-0.05, 0) is 17.7 Å². The summed E-state index contributed by atoms with van der Waals surface area (Å²) in [6.45, 7) is 6.03. The van der Waals surface area contributed by atoms with Crippen molar-refractivity contribution in [3.63, 3.8) is 0 Å². The van der Waals surface area contributed by atoms with E-state index < -0.39 is 5.97 Å². The van der Waals surface area contributed by atoms with Crippen LogP contribution in [0.1, 0.15) is 15.9 Å². The van der Waals surface area contributed by atoms with Crippen LogP contribution in [0.3, 0.4) is 0 Å². The fourth-order valence-corrected chi connectivity index (χ4v) is 2.54. The van der Waals surface area contributed by atoms with E-state index >= 15 is 0 Å². The molecule has 0 aliphatic carbocycles. The zero-order chi connectivity index (χ0) is 13.7. The minimum absolute atomic E-state index is 0.343. The van der Waals surface area contributed by atoms with Gasteiger partial charge in [0.15, 0.2) is 0 Å². The first-order valence-electron chi connectivity index (χ1n) is 6.52. The molecule has 1 N–H and O–H groups in total. The van der Waals surface area contributed by atoms with E-state index in [-0.39, 0.29) is 0 Å². The van der Waals surface area contributed by atoms with E-state index in [4.69, 9.17) is 16.7 Å². The van der Waals surface area contributed by atoms with Crippen LogP contribution in [-0.2, 0) is 6.54 Å². The average molecular weight is 283 g/mol. The van der Waals surface area contributed by atoms with Gasteiger partial charge in [0.2, 0.25) is 0 Å². The highest BCUT2D eigenvalue weighted by molar-refractivity contribution is 6.18. The maximum atomic E-state index is 10.8. The molecule has 1 saturated heterocycles. The maximum Gasteiger partial charge on any atom is 0.335 e. The second-order valence-electron chi connectivity index (χ2n) is 4.81. The van der Waals surface area contributed by atoms with Crippen LogP contribution >= 0.6 is 11.6 Å². The molecule has 19 heavy (non-hydrogen) atoms. The van der Waals surface area contributed by atoms with Crippen molar-refractivity contribution in [1.29, 1.82) is 0 Å². The predicted octanol–water partition coefficient (Wildman–Crippen LogP) is 1.74. The first-order chi connectivity index (χ1) is 9.19. The number of nitrogens with zero attached hydrogens (tertiary/aromatic N) is 2. The second-order valence-corrected chi connectivity index (χ2v) is 5.19. The van der Waals surface area contributed by atoms with Crippen LogP contribution in [0.5, 0.6) is 0 Å². The molecule has 2 rings (SSSR count). The zero-order valence-electron chi connectivity index (χ0n) is 10.9. The van der Waals surface area contributed by atoms with Crippen LogP contribution in [0, 0.1) is 0 Å². The first-order valence-corrected chi connectivity index (χ1v) is 7.05. The standard InChI is InChI=1S/C14H19ClN2O2/c15-5-6-16-7-9-17(10-8-16)11-12-1-3-13(4-2-12)14(18)19/h1-4H,5-11H2,(H,18,19). The van der Waals surface area contributed by atoms with Gasteiger partial charge in [-0.2, -0.15) is 0 Å². The molecule has 0 radical (unpaired) electrons. The molecule has 104 valence electrons. The summed E-state index contributed by atoms with van der Waals surface area (Å²) in [5, 5.41) is 8.85. The first kappa shape index (κ1) is 14.3. The lowest BCUT2D eigenvalue weighted by atomic mass is 10.1. The van der Waals surface area contributed by atoms with E-state index in [1.807, 2.05) is 12.1 Å². The van der Waals surface area contributed by atoms with E-state index in [2.05, 4.69) is 9.80 Å². The van der Waals surface area contributed by atoms with Crippen LogP contribution in [0.2, 0.25) is 0 Å². The van der Waals surface area contributed by atoms with Crippen LogP contribution < -0.4 is 0 Å². The van der Waals surface area contributed by atoms with E-state index in [0.29, 0.717) is 11.4 Å². The van der Waals surface area contributed by atoms with E-state index in [0.717, 1.165) is 44.8 Å². The van der Waals surface area contributed by atoms with Gasteiger partial charge in [-0.1, -0.05) is 12.1 Å². The quantitative estimate of drug-likeness (QED) is 0.836. The van der Waals surface area contributed by atoms with Crippen LogP contribution in [0.4, 0.5) is 0 Å². The van der Waals surface area contributed by atoms with Crippen LogP contribution in [0.15, 0.2) is 24.3 Å². The molecule has 0 amide bonds. The highest BCUT2D eigenvalue weighted by Crippen LogP contribution is 2.10. The summed E-state index contributed by atoms with van der Waals surface area (Å²) >= 11 is 5.74. The number of carbonyl (C=O) groups is 1. The van der Waals surface area contributed by atoms with E-state index in [9.17, 15) is 4.79 Å². The number of piperazine rings is 1. The lowest BCUT2D eigenvalue weighted by Gasteiger charge is -2.34. The van der Waals surface area contributed by atoms with Crippen molar-refractivity contribution >= 4 is 17.6 Å². The molecule has 1 heterocycles. The van der Waals surface area contributed by atoms with E-state index in [1.54, 1.807) is 12.1 Å². The Morgan fingerprint density at radius 2 is 1.68 bits per heavy atom. The topological polar surface area (TPSA) is 43.8 Å². The summed E-state index contributed by atoms with van der Waals surface area (Å²) in [6.07, 6.45) is 0. The molecule has 4 nitrogen and oxygen atoms in total. The molecule has 1 aromatic rings. The van der Waals surface area contributed by atoms with E-state index in [1.165, 1.54) is 0 Å². The Morgan fingerprint density at radius 3 is 2.21 bits per heavy atom. The average Bonchev–Trinajstić information content (AvgIpc) is 2.42. The fraction of sp³-hybridized carbons (Fsp3) is 0.500. The largest absolute Gasteiger partial charge is 0.478 e. The Hall–Kier alpha value is -1.10. The van der Waals surface area contributed by atoms with Crippen molar-refractivity contribution in [2.75, 3.05) is 38.6 Å². The highest BCUT2D eigenvalue weighted by Gasteiger charge is 2.16. The smallest absolute Gasteiger partial charge is 0.335 e. The Morgan fingerprint density at radius 1 is 1.11 bits per heavy atom. The summed E-state index contributed by atoms with van der Waals surface area (Å²) in [4.78, 5) is 15.5. The molecular weight excluding hydrogens is 264 g/mol. The Balaban J connectivity index is 1.83. The number of aromatic carboxylic acids is 1. The Bertz CT molecular complexity index is 414. The molecule has 1 fully saturated rings. The van der Waals surface area contributed by atoms with Crippen molar-refractivity contribution in [2.45, 2.75) is 6.54 Å². The number of alkyl halides is 1. The van der Waals surface area contributed by atoms with Gasteiger partial charge >= 0.3 is 5.97 Å². The van der Waals surface area contributed by atoms with Crippen LogP contribution in [0.25, 0.3) is 0 Å². The monoisotopic (exact) mass is 282 g/mol. The van der Waals surface area contributed by atoms with Crippen molar-refractivity contribution in [1.82, 2.24) is 9.80 Å². The maximum absolute atomic E-state index is 10.8. The summed E-state index contributed by atoms with van der Waals surface area (Å²) in [5.41, 5.74) is 1.51. The van der Waals surface area contributed by atoms with Crippen LogP contribution in [-0.4, -0.2) is 59.5 Å². The molecule has 0 spiro atoms. The van der Waals surface area contributed by atoms with Crippen molar-refractivity contribution in [2.24, 2.45) is 0 Å². The summed E-state index contributed by atoms with van der Waals surface area (Å²) in [6, 6.07) is 7.13. The summed E-state index contributed by atoms with van der Waals surface area (Å²) in [7, 11) is 0. The number of hydrogen-bond donors (Lipinski definition) is 1. The molecule has 5 heteroatoms. The lowest BCUT2D eigenvalue weighted by Crippen LogP contribution is -2.46. The van der Waals surface area contributed by atoms with Gasteiger partial charge in [0.25, 0.3) is 0 Å². The van der Waals surface area contributed by atoms with Gasteiger partial charge in [0, 0.05) is 45.1 Å². The molecule has 1 aliphatic rings. The van der Waals surface area contributed by atoms with Gasteiger partial charge in [0.05, 0.1) is 5.56 Å². The SMILES string of the molecule is O=C(O)c1ccc(CN2CCN(CCCl)CC2)cc1. The van der Waals surface area contributed by atoms with Gasteiger partial charge in [-0.3, -0.25) is 9.80 Å². The molecule has 0 saturated carbocycles. The molecular formula is C14H19ClN2O2. The van der Waals surface area contributed by atoms with Gasteiger partial charge in [0.1, 0.15) is 0 Å². The minimum Gasteiger partial charge on any atom is -0.478 e. The predicted molar refractivity (Wildman–Crippen MR) is 75.8 cm³/mol. The second kappa shape index (κ2) is 6.89. The number of halogens is 1. The number of benzene rings is 1. The number of rotatable bonds is 5. The van der Waals surface area contributed by atoms with Gasteiger partial charge < -0.3 is 5.11 Å². The third-order valence-electron chi connectivity index (χ3n) is 3.47. The van der Waals surface area contributed by atoms with Gasteiger partial charge in [-0.15, -0.1) is 11.6 Å². The molecule has 0 unspecified atom stereocenters. The third-order valence-corrected chi connectivity index (χ3v) is 3.64. The van der Waals surface area contributed by atoms with Crippen molar-refractivity contribution < 1.29 is 9.90 Å². The molecule has 0 aromatic heterocycles. The zero-order valence-corrected chi connectivity index (χ0v) is 11.6. The number of carboxylic acid groups (broad SMARTS) is 1. The third kappa shape index (κ3) is 4.20. The molecule has 0 atom stereocenters. The minimum atomic E-state index is -0.874. The van der Waals surface area contributed by atoms with Gasteiger partial charge in [-0.25, -0.2) is 4.79 Å². The van der Waals surface area contributed by atoms with Crippen molar-refractivity contribution in [3.8, 4) is 0 Å². The Labute approximate surface area is 118 Å².